The third-order valence-corrected chi connectivity index (χ3v) is 3.42. The molecule has 1 aliphatic rings. The number of esters is 1. The number of hydrogen-bond donors (Lipinski definition) is 2. The molecular formula is C14H13NO4. The number of aromatic nitrogens is 1. The molecule has 5 nitrogen and oxygen atoms in total. The van der Waals surface area contributed by atoms with Crippen LogP contribution in [0.3, 0.4) is 0 Å². The van der Waals surface area contributed by atoms with E-state index in [2.05, 4.69) is 4.98 Å². The third kappa shape index (κ3) is 1.74. The van der Waals surface area contributed by atoms with Gasteiger partial charge in [0, 0.05) is 24.2 Å². The molecule has 2 N–H and O–H groups in total. The molecular weight excluding hydrogens is 246 g/mol. The van der Waals surface area contributed by atoms with Crippen LogP contribution in [0.1, 0.15) is 29.4 Å². The molecule has 1 aromatic heterocycles. The Morgan fingerprint density at radius 3 is 2.89 bits per heavy atom. The van der Waals surface area contributed by atoms with Gasteiger partial charge in [-0.3, -0.25) is 9.59 Å². The molecule has 0 spiro atoms. The molecule has 19 heavy (non-hydrogen) atoms. The molecule has 1 atom stereocenters. The maximum Gasteiger partial charge on any atom is 0.305 e. The van der Waals surface area contributed by atoms with Gasteiger partial charge in [0.15, 0.2) is 0 Å². The highest BCUT2D eigenvalue weighted by Gasteiger charge is 2.45. The quantitative estimate of drug-likeness (QED) is 0.601. The highest BCUT2D eigenvalue weighted by molar-refractivity contribution is 6.07. The molecule has 2 aromatic rings. The monoisotopic (exact) mass is 259 g/mol. The number of benzene rings is 1. The summed E-state index contributed by atoms with van der Waals surface area (Å²) in [4.78, 5) is 26.3. The maximum atomic E-state index is 12.3. The van der Waals surface area contributed by atoms with Gasteiger partial charge in [0.2, 0.25) is 0 Å². The van der Waals surface area contributed by atoms with Crippen molar-refractivity contribution in [3.05, 3.63) is 35.5 Å². The third-order valence-electron chi connectivity index (χ3n) is 3.42. The normalized spacial score (nSPS) is 22.3. The van der Waals surface area contributed by atoms with Gasteiger partial charge in [0.05, 0.1) is 5.69 Å². The Balaban J connectivity index is 2.11. The number of aryl methyl sites for hydroxylation is 1. The smallest absolute Gasteiger partial charge is 0.305 e. The van der Waals surface area contributed by atoms with Crippen LogP contribution in [0.15, 0.2) is 24.3 Å². The minimum atomic E-state index is -2.04. The van der Waals surface area contributed by atoms with Gasteiger partial charge in [0.1, 0.15) is 0 Å². The van der Waals surface area contributed by atoms with Crippen molar-refractivity contribution >= 4 is 22.7 Å². The fourth-order valence-corrected chi connectivity index (χ4v) is 2.59. The van der Waals surface area contributed by atoms with E-state index >= 15 is 0 Å². The summed E-state index contributed by atoms with van der Waals surface area (Å²) >= 11 is 0. The lowest BCUT2D eigenvalue weighted by Gasteiger charge is -2.29. The van der Waals surface area contributed by atoms with E-state index < -0.39 is 17.5 Å². The fraction of sp³-hybridized carbons (Fsp3) is 0.286. The van der Waals surface area contributed by atoms with Gasteiger partial charge in [0.25, 0.3) is 11.6 Å². The van der Waals surface area contributed by atoms with Crippen molar-refractivity contribution in [1.82, 2.24) is 4.98 Å². The van der Waals surface area contributed by atoms with Gasteiger partial charge in [-0.2, -0.15) is 0 Å². The number of carbonyl (C=O) groups excluding carboxylic acids is 2. The molecule has 0 aliphatic heterocycles. The highest BCUT2D eigenvalue weighted by atomic mass is 16.7. The molecule has 98 valence electrons. The van der Waals surface area contributed by atoms with Crippen molar-refractivity contribution in [3.8, 4) is 0 Å². The molecule has 5 heteroatoms. The van der Waals surface area contributed by atoms with Crippen molar-refractivity contribution in [1.29, 1.82) is 0 Å². The summed E-state index contributed by atoms with van der Waals surface area (Å²) in [5, 5.41) is 11.1. The molecule has 1 aliphatic carbocycles. The van der Waals surface area contributed by atoms with Gasteiger partial charge >= 0.3 is 5.97 Å². The Kier molecular flexibility index (Phi) is 2.46. The van der Waals surface area contributed by atoms with Gasteiger partial charge in [-0.15, -0.1) is 0 Å². The van der Waals surface area contributed by atoms with Crippen molar-refractivity contribution in [2.24, 2.45) is 0 Å². The van der Waals surface area contributed by atoms with E-state index in [1.165, 1.54) is 6.92 Å². The molecule has 1 heterocycles. The summed E-state index contributed by atoms with van der Waals surface area (Å²) in [5.74, 6) is -3.30. The first-order valence-corrected chi connectivity index (χ1v) is 6.07. The molecule has 3 rings (SSSR count). The molecule has 0 saturated heterocycles. The number of hydrogen-bond acceptors (Lipinski definition) is 4. The van der Waals surface area contributed by atoms with Crippen LogP contribution in [0.2, 0.25) is 0 Å². The molecule has 0 bridgehead atoms. The number of Topliss-reactive ketones (excluding diaryl/α,β-unsaturated/α-hetero) is 1. The van der Waals surface area contributed by atoms with Gasteiger partial charge < -0.3 is 14.8 Å². The number of ether oxygens (including phenoxy) is 1. The second-order valence-electron chi connectivity index (χ2n) is 4.73. The van der Waals surface area contributed by atoms with Crippen LogP contribution in [0, 0.1) is 0 Å². The maximum absolute atomic E-state index is 12.3. The Morgan fingerprint density at radius 2 is 2.16 bits per heavy atom. The predicted octanol–water partition coefficient (Wildman–Crippen LogP) is 1.55. The number of rotatable bonds is 1. The topological polar surface area (TPSA) is 79.4 Å². The lowest BCUT2D eigenvalue weighted by atomic mass is 9.89. The average molecular weight is 259 g/mol. The molecule has 0 amide bonds. The number of carbonyl (C=O) groups is 2. The van der Waals surface area contributed by atoms with Gasteiger partial charge in [-0.25, -0.2) is 0 Å². The van der Waals surface area contributed by atoms with E-state index in [0.29, 0.717) is 12.1 Å². The van der Waals surface area contributed by atoms with Crippen LogP contribution < -0.4 is 0 Å². The van der Waals surface area contributed by atoms with Crippen LogP contribution in [0.5, 0.6) is 0 Å². The zero-order valence-electron chi connectivity index (χ0n) is 10.4. The van der Waals surface area contributed by atoms with E-state index in [1.54, 1.807) is 0 Å². The van der Waals surface area contributed by atoms with E-state index in [1.807, 2.05) is 24.3 Å². The van der Waals surface area contributed by atoms with Crippen LogP contribution in [0.4, 0.5) is 0 Å². The SMILES string of the molecule is CC(=O)OC1(O)CCc2c([nH]c3ccccc23)C1=O. The molecule has 0 fully saturated rings. The van der Waals surface area contributed by atoms with Crippen LogP contribution in [-0.2, 0) is 16.0 Å². The fourth-order valence-electron chi connectivity index (χ4n) is 2.59. The van der Waals surface area contributed by atoms with Crippen LogP contribution in [0.25, 0.3) is 10.9 Å². The Labute approximate surface area is 109 Å². The number of aliphatic hydroxyl groups is 1. The number of ketones is 1. The minimum absolute atomic E-state index is 0.0836. The van der Waals surface area contributed by atoms with E-state index in [-0.39, 0.29) is 6.42 Å². The standard InChI is InChI=1S/C14H13NO4/c1-8(16)19-14(18)7-6-10-9-4-2-3-5-11(9)15-12(10)13(14)17/h2-5,15,18H,6-7H2,1H3. The molecule has 1 unspecified atom stereocenters. The average Bonchev–Trinajstić information content (AvgIpc) is 2.72. The van der Waals surface area contributed by atoms with Gasteiger partial charge in [-0.1, -0.05) is 18.2 Å². The summed E-state index contributed by atoms with van der Waals surface area (Å²) in [6, 6.07) is 7.56. The summed E-state index contributed by atoms with van der Waals surface area (Å²) in [6.45, 7) is 1.17. The number of aromatic amines is 1. The number of H-pyrrole nitrogens is 1. The Hall–Kier alpha value is -2.14. The summed E-state index contributed by atoms with van der Waals surface area (Å²) in [7, 11) is 0. The zero-order chi connectivity index (χ0) is 13.6. The predicted molar refractivity (Wildman–Crippen MR) is 67.7 cm³/mol. The van der Waals surface area contributed by atoms with Crippen molar-refractivity contribution in [3.63, 3.8) is 0 Å². The lowest BCUT2D eigenvalue weighted by Crippen LogP contribution is -2.46. The Bertz CT molecular complexity index is 688. The van der Waals surface area contributed by atoms with Gasteiger partial charge in [-0.05, 0) is 18.1 Å². The first-order valence-electron chi connectivity index (χ1n) is 6.07. The van der Waals surface area contributed by atoms with Crippen LogP contribution in [-0.4, -0.2) is 27.6 Å². The number of para-hydroxylation sites is 1. The minimum Gasteiger partial charge on any atom is -0.425 e. The van der Waals surface area contributed by atoms with E-state index in [9.17, 15) is 14.7 Å². The van der Waals surface area contributed by atoms with E-state index in [0.717, 1.165) is 16.5 Å². The summed E-state index contributed by atoms with van der Waals surface area (Å²) in [5.41, 5.74) is 2.04. The summed E-state index contributed by atoms with van der Waals surface area (Å²) < 4.78 is 4.79. The molecule has 0 radical (unpaired) electrons. The number of nitrogens with one attached hydrogen (secondary N) is 1. The zero-order valence-corrected chi connectivity index (χ0v) is 10.4. The highest BCUT2D eigenvalue weighted by Crippen LogP contribution is 2.34. The first kappa shape index (κ1) is 11.9. The Morgan fingerprint density at radius 1 is 1.42 bits per heavy atom. The summed E-state index contributed by atoms with van der Waals surface area (Å²) in [6.07, 6.45) is 0.565. The first-order chi connectivity index (χ1) is 9.01. The van der Waals surface area contributed by atoms with Crippen LogP contribution >= 0.6 is 0 Å². The largest absolute Gasteiger partial charge is 0.425 e. The molecule has 0 saturated carbocycles. The van der Waals surface area contributed by atoms with Crippen molar-refractivity contribution < 1.29 is 19.4 Å². The number of fused-ring (bicyclic) bond motifs is 3. The second kappa shape index (κ2) is 3.93. The second-order valence-corrected chi connectivity index (χ2v) is 4.73. The molecule has 1 aromatic carbocycles. The van der Waals surface area contributed by atoms with E-state index in [4.69, 9.17) is 4.74 Å². The van der Waals surface area contributed by atoms with Crippen molar-refractivity contribution in [2.45, 2.75) is 25.6 Å². The van der Waals surface area contributed by atoms with Crippen molar-refractivity contribution in [2.75, 3.05) is 0 Å². The lowest BCUT2D eigenvalue weighted by molar-refractivity contribution is -0.189.